The van der Waals surface area contributed by atoms with Gasteiger partial charge >= 0.3 is 0 Å². The third-order valence-electron chi connectivity index (χ3n) is 17.6. The van der Waals surface area contributed by atoms with Crippen LogP contribution in [-0.2, 0) is 28.0 Å². The summed E-state index contributed by atoms with van der Waals surface area (Å²) in [5, 5.41) is 5.09. The summed E-state index contributed by atoms with van der Waals surface area (Å²) in [5.41, 5.74) is 15.2. The molecular formula is C80H82N4OSi. The molecule has 3 aliphatic heterocycles. The van der Waals surface area contributed by atoms with E-state index in [1.807, 2.05) is 56.3 Å². The van der Waals surface area contributed by atoms with Crippen molar-refractivity contribution in [1.82, 2.24) is 4.98 Å². The number of rotatable bonds is 9. The summed E-state index contributed by atoms with van der Waals surface area (Å²) in [6.07, 6.45) is 0.112. The zero-order valence-corrected chi connectivity index (χ0v) is 53.3. The summed E-state index contributed by atoms with van der Waals surface area (Å²) in [7, 11) is -3.17. The van der Waals surface area contributed by atoms with Gasteiger partial charge in [-0.05, 0) is 153 Å². The Bertz CT molecular complexity index is 4560. The van der Waals surface area contributed by atoms with Gasteiger partial charge < -0.3 is 14.5 Å². The van der Waals surface area contributed by atoms with Crippen LogP contribution in [0.4, 0.5) is 39.9 Å². The van der Waals surface area contributed by atoms with Gasteiger partial charge in [0.25, 0.3) is 0 Å². The summed E-state index contributed by atoms with van der Waals surface area (Å²) in [5.74, 6) is 1.55. The molecule has 13 rings (SSSR count). The van der Waals surface area contributed by atoms with E-state index in [4.69, 9.17) is 13.8 Å². The van der Waals surface area contributed by atoms with E-state index in [0.29, 0.717) is 35.1 Å². The van der Waals surface area contributed by atoms with E-state index in [-0.39, 0.29) is 57.3 Å². The molecule has 0 saturated heterocycles. The maximum Gasteiger partial charge on any atom is 0.185 e. The number of pyridine rings is 1. The van der Waals surface area contributed by atoms with Gasteiger partial charge in [0.1, 0.15) is 24.0 Å². The molecule has 0 saturated carbocycles. The number of hydrogen-bond donors (Lipinski definition) is 0. The topological polar surface area (TPSA) is 31.8 Å². The fourth-order valence-electron chi connectivity index (χ4n) is 13.2. The summed E-state index contributed by atoms with van der Waals surface area (Å²) in [6, 6.07) is 60.8. The molecule has 0 radical (unpaired) electrons. The number of ether oxygens (including phenoxy) is 1. The number of aromatic nitrogens is 1. The van der Waals surface area contributed by atoms with Crippen molar-refractivity contribution in [3.05, 3.63) is 240 Å². The van der Waals surface area contributed by atoms with Crippen LogP contribution in [0, 0.1) is 5.92 Å². The van der Waals surface area contributed by atoms with Crippen LogP contribution in [0.25, 0.3) is 33.4 Å². The van der Waals surface area contributed by atoms with Crippen LogP contribution in [0.3, 0.4) is 0 Å². The Labute approximate surface area is 522 Å². The predicted molar refractivity (Wildman–Crippen MR) is 368 cm³/mol. The van der Waals surface area contributed by atoms with Crippen molar-refractivity contribution in [1.29, 1.82) is 0 Å². The van der Waals surface area contributed by atoms with E-state index in [1.165, 1.54) is 43.0 Å². The molecule has 9 aromatic carbocycles. The van der Waals surface area contributed by atoms with Gasteiger partial charge in [-0.25, -0.2) is 4.98 Å². The second-order valence-electron chi connectivity index (χ2n) is 28.1. The lowest BCUT2D eigenvalue weighted by atomic mass is 9.78. The fraction of sp³-hybridized carbons (Fsp3) is 0.263. The van der Waals surface area contributed by atoms with Crippen molar-refractivity contribution >= 4 is 68.8 Å². The van der Waals surface area contributed by atoms with E-state index in [9.17, 15) is 5.48 Å². The quantitative estimate of drug-likeness (QED) is 0.135. The van der Waals surface area contributed by atoms with Gasteiger partial charge in [0.05, 0.1) is 29.6 Å². The van der Waals surface area contributed by atoms with Crippen LogP contribution >= 0.6 is 0 Å². The maximum atomic E-state index is 9.38. The lowest BCUT2D eigenvalue weighted by Crippen LogP contribution is -2.75. The summed E-state index contributed by atoms with van der Waals surface area (Å²) in [6.45, 7) is 31.2. The molecule has 4 heterocycles. The molecule has 86 heavy (non-hydrogen) atoms. The molecule has 0 unspecified atom stereocenters. The molecule has 0 aliphatic carbocycles. The number of para-hydroxylation sites is 4. The first-order valence-corrected chi connectivity index (χ1v) is 32.4. The van der Waals surface area contributed by atoms with E-state index >= 15 is 0 Å². The molecule has 0 amide bonds. The third kappa shape index (κ3) is 9.84. The second-order valence-corrected chi connectivity index (χ2v) is 31.7. The molecule has 0 N–H and O–H groups in total. The smallest absolute Gasteiger partial charge is 0.185 e. The number of benzene rings is 9. The zero-order valence-electron chi connectivity index (χ0n) is 59.3. The Morgan fingerprint density at radius 3 is 1.64 bits per heavy atom. The monoisotopic (exact) mass is 1150 g/mol. The average Bonchev–Trinajstić information content (AvgIpc) is 1.56. The Kier molecular flexibility index (Phi) is 11.9. The SMILES string of the molecule is [2H]c1c([2H])c([2H])c(-c2cccc(-c3cc(C(C)(C)C)cc(C(C)(C)C)c3)c2N2CN(c3cccc(Oc4ccc5c(c4)N(c4cc(C([2H])([2H])C(C)C)ccn4)c4ccccc4[Si]54c5ccc(C(C)(C)C)cc5-c5cc(C(C)(C)C)ccc54)c3)c3ccccc32)c([2H])c1[2H]. The molecule has 0 bridgehead atoms. The standard InChI is InChI=1S/C80H82N4OSi/c1-52(2)42-53-40-41-81-75(43-53)84-69-32-20-21-33-73(69)86(71-37-34-56(77(3,4)5)47-65(71)66-48-57(78(6,7)8)35-38-72(66)86)74-39-36-62(50-70(74)84)85-61-27-22-26-60(49-61)82-51-83(68-31-19-18-30-67(68)82)76-63(54-24-16-15-17-25-54)28-23-29-64(76)55-44-58(79(9,10)11)46-59(45-55)80(12,13)14/h15-41,43-50,52H,42,51H2,1-14H3/i15D,16D,17D,24D,25D,42D2. The van der Waals surface area contributed by atoms with Gasteiger partial charge in [0, 0.05) is 43.6 Å². The highest BCUT2D eigenvalue weighted by atomic mass is 28.3. The van der Waals surface area contributed by atoms with Crippen LogP contribution in [0.2, 0.25) is 0 Å². The summed E-state index contributed by atoms with van der Waals surface area (Å²) in [4.78, 5) is 11.8. The van der Waals surface area contributed by atoms with Crippen molar-refractivity contribution in [3.63, 3.8) is 0 Å². The maximum absolute atomic E-state index is 9.38. The van der Waals surface area contributed by atoms with Crippen molar-refractivity contribution in [3.8, 4) is 44.9 Å². The Morgan fingerprint density at radius 2 is 1.02 bits per heavy atom. The molecule has 432 valence electrons. The van der Waals surface area contributed by atoms with Gasteiger partial charge in [-0.15, -0.1) is 0 Å². The van der Waals surface area contributed by atoms with Crippen LogP contribution in [0.1, 0.15) is 134 Å². The first kappa shape index (κ1) is 48.7. The molecule has 1 spiro atoms. The van der Waals surface area contributed by atoms with E-state index in [1.54, 1.807) is 12.3 Å². The normalized spacial score (nSPS) is 15.6. The number of nitrogens with zero attached hydrogens (tertiary/aromatic N) is 4. The Hall–Kier alpha value is -8.45. The molecule has 1 aromatic heterocycles. The van der Waals surface area contributed by atoms with E-state index in [0.717, 1.165) is 56.4 Å². The summed E-state index contributed by atoms with van der Waals surface area (Å²) >= 11 is 0. The van der Waals surface area contributed by atoms with Gasteiger partial charge in [0.15, 0.2) is 8.07 Å². The first-order valence-electron chi connectivity index (χ1n) is 33.9. The average molecular weight is 1150 g/mol. The van der Waals surface area contributed by atoms with Crippen LogP contribution in [0.5, 0.6) is 11.5 Å². The largest absolute Gasteiger partial charge is 0.457 e. The Balaban J connectivity index is 0.970. The molecule has 6 heteroatoms. The lowest BCUT2D eigenvalue weighted by molar-refractivity contribution is 0.483. The molecule has 0 fully saturated rings. The van der Waals surface area contributed by atoms with E-state index in [2.05, 4.69) is 225 Å². The second kappa shape index (κ2) is 20.9. The van der Waals surface area contributed by atoms with Crippen molar-refractivity contribution in [2.75, 3.05) is 21.4 Å². The minimum Gasteiger partial charge on any atom is -0.457 e. The third-order valence-corrected chi connectivity index (χ3v) is 22.6. The molecule has 3 aliphatic rings. The van der Waals surface area contributed by atoms with Gasteiger partial charge in [0.2, 0.25) is 0 Å². The highest BCUT2D eigenvalue weighted by Gasteiger charge is 2.54. The highest BCUT2D eigenvalue weighted by molar-refractivity contribution is 7.23. The van der Waals surface area contributed by atoms with E-state index < -0.39 is 20.5 Å². The van der Waals surface area contributed by atoms with Crippen LogP contribution in [-0.4, -0.2) is 19.7 Å². The van der Waals surface area contributed by atoms with Gasteiger partial charge in [-0.2, -0.15) is 0 Å². The molecule has 10 aromatic rings. The molecule has 0 atom stereocenters. The number of hydrogen-bond acceptors (Lipinski definition) is 5. The van der Waals surface area contributed by atoms with Crippen molar-refractivity contribution in [2.45, 2.75) is 125 Å². The summed E-state index contributed by atoms with van der Waals surface area (Å²) < 4.78 is 71.0. The fourth-order valence-corrected chi connectivity index (χ4v) is 18.6. The highest BCUT2D eigenvalue weighted by Crippen LogP contribution is 2.52. The molecule has 5 nitrogen and oxygen atoms in total. The van der Waals surface area contributed by atoms with Crippen molar-refractivity contribution < 1.29 is 14.3 Å². The lowest BCUT2D eigenvalue weighted by Gasteiger charge is -2.43. The number of fused-ring (bicyclic) bond motifs is 10. The minimum atomic E-state index is -3.17. The van der Waals surface area contributed by atoms with Gasteiger partial charge in [-0.1, -0.05) is 242 Å². The van der Waals surface area contributed by atoms with Crippen molar-refractivity contribution in [2.24, 2.45) is 5.92 Å². The van der Waals surface area contributed by atoms with Crippen LogP contribution in [0.15, 0.2) is 212 Å². The predicted octanol–water partition coefficient (Wildman–Crippen LogP) is 19.0. The minimum absolute atomic E-state index is 0.0890. The first-order chi connectivity index (χ1) is 43.8. The Morgan fingerprint density at radius 1 is 0.477 bits per heavy atom. The molecular weight excluding hydrogens is 1060 g/mol. The van der Waals surface area contributed by atoms with Gasteiger partial charge in [-0.3, -0.25) is 4.90 Å². The zero-order chi connectivity index (χ0) is 66.4. The number of anilines is 7. The van der Waals surface area contributed by atoms with Crippen LogP contribution < -0.4 is 40.2 Å².